The molecule has 0 amide bonds. The van der Waals surface area contributed by atoms with Crippen LogP contribution in [-0.4, -0.2) is 37.9 Å². The second-order valence-electron chi connectivity index (χ2n) is 7.48. The summed E-state index contributed by atoms with van der Waals surface area (Å²) in [7, 11) is 1.62. The van der Waals surface area contributed by atoms with E-state index < -0.39 is 0 Å². The number of hydrogen-bond donors (Lipinski definition) is 2. The minimum Gasteiger partial charge on any atom is -0.496 e. The molecule has 5 nitrogen and oxygen atoms in total. The molecule has 1 aromatic heterocycles. The molecule has 28 heavy (non-hydrogen) atoms. The number of nitrogens with one attached hydrogen (secondary N) is 2. The molecular formula is C21H27FN4OS+2. The summed E-state index contributed by atoms with van der Waals surface area (Å²) in [5, 5.41) is 9.38. The Balaban J connectivity index is 1.65. The Kier molecular flexibility index (Phi) is 6.45. The van der Waals surface area contributed by atoms with Crippen molar-refractivity contribution in [3.05, 3.63) is 57.1 Å². The zero-order chi connectivity index (χ0) is 20.3. The number of benzene rings is 1. The van der Waals surface area contributed by atoms with Crippen molar-refractivity contribution in [1.29, 1.82) is 5.26 Å². The van der Waals surface area contributed by atoms with Crippen molar-refractivity contribution in [3.63, 3.8) is 0 Å². The van der Waals surface area contributed by atoms with E-state index in [2.05, 4.69) is 10.6 Å². The van der Waals surface area contributed by atoms with Gasteiger partial charge in [-0.2, -0.15) is 5.26 Å². The Morgan fingerprint density at radius 3 is 2.50 bits per heavy atom. The third kappa shape index (κ3) is 4.41. The van der Waals surface area contributed by atoms with Gasteiger partial charge in [0.1, 0.15) is 55.0 Å². The average Bonchev–Trinajstić information content (AvgIpc) is 2.67. The predicted octanol–water partition coefficient (Wildman–Crippen LogP) is 0.795. The first-order valence-electron chi connectivity index (χ1n) is 9.53. The molecule has 0 aliphatic carbocycles. The van der Waals surface area contributed by atoms with Crippen LogP contribution >= 0.6 is 12.2 Å². The zero-order valence-corrected chi connectivity index (χ0v) is 17.5. The lowest BCUT2D eigenvalue weighted by molar-refractivity contribution is -1.03. The summed E-state index contributed by atoms with van der Waals surface area (Å²) in [6.07, 6.45) is 0. The van der Waals surface area contributed by atoms with Gasteiger partial charge in [-0.1, -0.05) is 12.2 Å². The van der Waals surface area contributed by atoms with Gasteiger partial charge in [0, 0.05) is 5.69 Å². The van der Waals surface area contributed by atoms with Crippen LogP contribution in [0.1, 0.15) is 22.4 Å². The van der Waals surface area contributed by atoms with Gasteiger partial charge in [0.05, 0.1) is 18.2 Å². The summed E-state index contributed by atoms with van der Waals surface area (Å²) >= 11 is 5.56. The Bertz CT molecular complexity index is 958. The molecule has 0 radical (unpaired) electrons. The van der Waals surface area contributed by atoms with Crippen molar-refractivity contribution >= 4 is 12.2 Å². The van der Waals surface area contributed by atoms with E-state index in [1.807, 2.05) is 19.9 Å². The second-order valence-corrected chi connectivity index (χ2v) is 7.87. The van der Waals surface area contributed by atoms with Crippen LogP contribution in [0.3, 0.4) is 0 Å². The quantitative estimate of drug-likeness (QED) is 0.728. The molecular weight excluding hydrogens is 375 g/mol. The topological polar surface area (TPSA) is 46.8 Å². The van der Waals surface area contributed by atoms with E-state index in [0.717, 1.165) is 62.0 Å². The maximum Gasteiger partial charge on any atom is 0.158 e. The van der Waals surface area contributed by atoms with Gasteiger partial charge >= 0.3 is 0 Å². The van der Waals surface area contributed by atoms with Gasteiger partial charge in [-0.15, -0.1) is 0 Å². The van der Waals surface area contributed by atoms with Crippen LogP contribution in [0.15, 0.2) is 24.3 Å². The largest absolute Gasteiger partial charge is 0.496 e. The van der Waals surface area contributed by atoms with Crippen LogP contribution < -0.4 is 14.5 Å². The number of aryl methyl sites for hydroxylation is 2. The number of nitriles is 1. The van der Waals surface area contributed by atoms with Crippen molar-refractivity contribution < 1.29 is 18.9 Å². The normalized spacial score (nSPS) is 19.2. The molecule has 148 valence electrons. The van der Waals surface area contributed by atoms with Crippen LogP contribution in [-0.2, 0) is 13.2 Å². The number of hydrogen-bond acceptors (Lipinski definition) is 3. The molecule has 7 heteroatoms. The standard InChI is InChI=1S/C21H25FN4OS/c1-15-10-16(2)26(21(28)19(15)12-23)14-25-8-6-24(7-9-25)13-17-11-18(22)4-5-20(17)27-3/h4-5,10-11H,6-9,13-14H2,1-3H3/p+2. The molecule has 1 aliphatic rings. The Labute approximate surface area is 170 Å². The number of ether oxygens (including phenoxy) is 1. The van der Waals surface area contributed by atoms with Gasteiger partial charge in [0.2, 0.25) is 0 Å². The molecule has 0 saturated carbocycles. The van der Waals surface area contributed by atoms with E-state index in [9.17, 15) is 9.65 Å². The Hall–Kier alpha value is -2.27. The number of pyridine rings is 1. The summed E-state index contributed by atoms with van der Waals surface area (Å²) in [6.45, 7) is 9.51. The number of nitrogens with zero attached hydrogens (tertiary/aromatic N) is 2. The first kappa shape index (κ1) is 20.5. The fraction of sp³-hybridized carbons (Fsp3) is 0.429. The molecule has 0 atom stereocenters. The smallest absolute Gasteiger partial charge is 0.158 e. The highest BCUT2D eigenvalue weighted by molar-refractivity contribution is 7.71. The van der Waals surface area contributed by atoms with Crippen LogP contribution in [0.5, 0.6) is 5.75 Å². The summed E-state index contributed by atoms with van der Waals surface area (Å²) in [5.41, 5.74) is 3.54. The third-order valence-corrected chi connectivity index (χ3v) is 5.97. The highest BCUT2D eigenvalue weighted by Crippen LogP contribution is 2.18. The summed E-state index contributed by atoms with van der Waals surface area (Å²) < 4.78 is 21.7. The van der Waals surface area contributed by atoms with E-state index >= 15 is 0 Å². The fourth-order valence-corrected chi connectivity index (χ4v) is 4.35. The predicted molar refractivity (Wildman–Crippen MR) is 108 cm³/mol. The van der Waals surface area contributed by atoms with Crippen molar-refractivity contribution in [3.8, 4) is 11.8 Å². The molecule has 1 aliphatic heterocycles. The van der Waals surface area contributed by atoms with Crippen LogP contribution in [0.25, 0.3) is 0 Å². The van der Waals surface area contributed by atoms with Crippen molar-refractivity contribution in [2.45, 2.75) is 27.1 Å². The lowest BCUT2D eigenvalue weighted by Gasteiger charge is -2.31. The number of aromatic nitrogens is 1. The van der Waals surface area contributed by atoms with E-state index in [4.69, 9.17) is 17.0 Å². The molecule has 2 N–H and O–H groups in total. The van der Waals surface area contributed by atoms with Crippen LogP contribution in [0.4, 0.5) is 4.39 Å². The number of quaternary nitrogens is 2. The Morgan fingerprint density at radius 2 is 1.86 bits per heavy atom. The summed E-state index contributed by atoms with van der Waals surface area (Å²) in [6, 6.07) is 8.97. The first-order valence-corrected chi connectivity index (χ1v) is 9.94. The fourth-order valence-electron chi connectivity index (χ4n) is 3.93. The Morgan fingerprint density at radius 1 is 1.18 bits per heavy atom. The molecule has 3 rings (SSSR count). The number of halogens is 1. The van der Waals surface area contributed by atoms with E-state index in [-0.39, 0.29) is 5.82 Å². The summed E-state index contributed by atoms with van der Waals surface area (Å²) in [5.74, 6) is 0.520. The minimum atomic E-state index is -0.225. The minimum absolute atomic E-state index is 0.225. The van der Waals surface area contributed by atoms with Gasteiger partial charge in [0.15, 0.2) is 6.67 Å². The first-order chi connectivity index (χ1) is 13.4. The number of piperazine rings is 1. The van der Waals surface area contributed by atoms with Gasteiger partial charge < -0.3 is 14.5 Å². The van der Waals surface area contributed by atoms with E-state index in [1.54, 1.807) is 19.2 Å². The third-order valence-electron chi connectivity index (χ3n) is 5.55. The van der Waals surface area contributed by atoms with E-state index in [1.165, 1.54) is 15.9 Å². The molecule has 0 unspecified atom stereocenters. The van der Waals surface area contributed by atoms with Crippen molar-refractivity contribution in [1.82, 2.24) is 4.57 Å². The lowest BCUT2D eigenvalue weighted by Crippen LogP contribution is -3.27. The lowest BCUT2D eigenvalue weighted by atomic mass is 10.1. The maximum absolute atomic E-state index is 13.6. The molecule has 2 heterocycles. The van der Waals surface area contributed by atoms with Crippen molar-refractivity contribution in [2.75, 3.05) is 33.3 Å². The molecule has 0 bridgehead atoms. The van der Waals surface area contributed by atoms with Gasteiger partial charge in [-0.05, 0) is 43.7 Å². The van der Waals surface area contributed by atoms with Gasteiger partial charge in [-0.25, -0.2) is 4.39 Å². The van der Waals surface area contributed by atoms with Crippen molar-refractivity contribution in [2.24, 2.45) is 0 Å². The molecule has 1 saturated heterocycles. The average molecular weight is 403 g/mol. The molecule has 2 aromatic rings. The highest BCUT2D eigenvalue weighted by Gasteiger charge is 2.25. The zero-order valence-electron chi connectivity index (χ0n) is 16.6. The van der Waals surface area contributed by atoms with Crippen LogP contribution in [0, 0.1) is 35.6 Å². The highest BCUT2D eigenvalue weighted by atomic mass is 32.1. The number of rotatable bonds is 5. The summed E-state index contributed by atoms with van der Waals surface area (Å²) in [4.78, 5) is 2.87. The number of methoxy groups -OCH3 is 1. The van der Waals surface area contributed by atoms with Crippen LogP contribution in [0.2, 0.25) is 0 Å². The SMILES string of the molecule is COc1ccc(F)cc1C[NH+]1CC[NH+](Cn2c(C)cc(C)c(C#N)c2=S)CC1. The molecule has 1 aromatic carbocycles. The van der Waals surface area contributed by atoms with E-state index in [0.29, 0.717) is 10.2 Å². The molecule has 0 spiro atoms. The van der Waals surface area contributed by atoms with Gasteiger partial charge in [0.25, 0.3) is 0 Å². The maximum atomic E-state index is 13.6. The van der Waals surface area contributed by atoms with Gasteiger partial charge in [-0.3, -0.25) is 4.57 Å². The molecule has 1 fully saturated rings. The second kappa shape index (κ2) is 8.82. The monoisotopic (exact) mass is 402 g/mol.